The molecule has 0 saturated carbocycles. The predicted molar refractivity (Wildman–Crippen MR) is 80.8 cm³/mol. The number of rotatable bonds is 8. The molecular weight excluding hydrogens is 220 g/mol. The van der Waals surface area contributed by atoms with E-state index in [-0.39, 0.29) is 5.54 Å². The lowest BCUT2D eigenvalue weighted by molar-refractivity contribution is 0.0835. The van der Waals surface area contributed by atoms with Gasteiger partial charge in [-0.3, -0.25) is 4.90 Å². The summed E-state index contributed by atoms with van der Waals surface area (Å²) in [5, 5.41) is 0. The molecule has 2 heteroatoms. The van der Waals surface area contributed by atoms with E-state index in [1.165, 1.54) is 51.4 Å². The molecular formula is C16H34N2. The summed E-state index contributed by atoms with van der Waals surface area (Å²) >= 11 is 0. The first kappa shape index (κ1) is 16.0. The average Bonchev–Trinajstić information content (AvgIpc) is 2.66. The summed E-state index contributed by atoms with van der Waals surface area (Å²) in [5.74, 6) is 0. The lowest BCUT2D eigenvalue weighted by Gasteiger charge is -2.41. The molecule has 2 N–H and O–H groups in total. The third-order valence-electron chi connectivity index (χ3n) is 5.19. The van der Waals surface area contributed by atoms with Gasteiger partial charge < -0.3 is 5.73 Å². The Morgan fingerprint density at radius 2 is 1.72 bits per heavy atom. The van der Waals surface area contributed by atoms with Gasteiger partial charge in [0, 0.05) is 17.6 Å². The Labute approximate surface area is 114 Å². The fourth-order valence-electron chi connectivity index (χ4n) is 4.05. The van der Waals surface area contributed by atoms with Gasteiger partial charge in [0.1, 0.15) is 0 Å². The van der Waals surface area contributed by atoms with Crippen molar-refractivity contribution in [3.63, 3.8) is 0 Å². The monoisotopic (exact) mass is 254 g/mol. The molecule has 1 rings (SSSR count). The van der Waals surface area contributed by atoms with Crippen LogP contribution in [0, 0.1) is 0 Å². The minimum Gasteiger partial charge on any atom is -0.326 e. The molecule has 0 aliphatic carbocycles. The van der Waals surface area contributed by atoms with Gasteiger partial charge in [-0.1, -0.05) is 53.4 Å². The highest BCUT2D eigenvalue weighted by Gasteiger charge is 2.47. The smallest absolute Gasteiger partial charge is 0.0358 e. The number of likely N-dealkylation sites (N-methyl/N-ethyl adjacent to an activating group) is 1. The number of hydrogen-bond donors (Lipinski definition) is 1. The zero-order chi connectivity index (χ0) is 13.6. The predicted octanol–water partition coefficient (Wildman–Crippen LogP) is 3.94. The van der Waals surface area contributed by atoms with Gasteiger partial charge in [0.05, 0.1) is 0 Å². The molecule has 2 atom stereocenters. The first-order valence-corrected chi connectivity index (χ1v) is 8.18. The third kappa shape index (κ3) is 3.08. The topological polar surface area (TPSA) is 29.3 Å². The molecule has 1 heterocycles. The fourth-order valence-corrected chi connectivity index (χ4v) is 4.05. The van der Waals surface area contributed by atoms with Gasteiger partial charge in [-0.2, -0.15) is 0 Å². The number of unbranched alkanes of at least 4 members (excludes halogenated alkanes) is 3. The Morgan fingerprint density at radius 3 is 2.22 bits per heavy atom. The van der Waals surface area contributed by atoms with Gasteiger partial charge >= 0.3 is 0 Å². The third-order valence-corrected chi connectivity index (χ3v) is 5.19. The highest BCUT2D eigenvalue weighted by atomic mass is 15.3. The van der Waals surface area contributed by atoms with Crippen molar-refractivity contribution in [2.45, 2.75) is 96.7 Å². The van der Waals surface area contributed by atoms with Crippen molar-refractivity contribution in [3.8, 4) is 0 Å². The van der Waals surface area contributed by atoms with Crippen molar-refractivity contribution in [2.24, 2.45) is 5.73 Å². The second-order valence-electron chi connectivity index (χ2n) is 5.94. The molecule has 2 unspecified atom stereocenters. The van der Waals surface area contributed by atoms with Crippen LogP contribution in [-0.4, -0.2) is 29.1 Å². The van der Waals surface area contributed by atoms with Crippen LogP contribution in [0.15, 0.2) is 0 Å². The molecule has 1 aliphatic heterocycles. The molecule has 0 amide bonds. The minimum absolute atomic E-state index is 0.282. The second kappa shape index (κ2) is 7.49. The van der Waals surface area contributed by atoms with Crippen molar-refractivity contribution < 1.29 is 0 Å². The molecule has 0 aromatic heterocycles. The quantitative estimate of drug-likeness (QED) is 0.665. The molecule has 1 fully saturated rings. The van der Waals surface area contributed by atoms with Crippen LogP contribution in [0.4, 0.5) is 0 Å². The number of likely N-dealkylation sites (tertiary alicyclic amines) is 1. The number of nitrogens with two attached hydrogens (primary N) is 1. The SMILES string of the molecule is CCCCCCC1CC(N)C(CC)(CC)N1CC. The first-order valence-electron chi connectivity index (χ1n) is 8.18. The Morgan fingerprint density at radius 1 is 1.06 bits per heavy atom. The Bertz CT molecular complexity index is 223. The summed E-state index contributed by atoms with van der Waals surface area (Å²) in [7, 11) is 0. The fraction of sp³-hybridized carbons (Fsp3) is 1.00. The van der Waals surface area contributed by atoms with Crippen molar-refractivity contribution in [1.29, 1.82) is 0 Å². The number of nitrogens with zero attached hydrogens (tertiary/aromatic N) is 1. The van der Waals surface area contributed by atoms with Crippen LogP contribution in [0.25, 0.3) is 0 Å². The maximum Gasteiger partial charge on any atom is 0.0358 e. The molecule has 108 valence electrons. The lowest BCUT2D eigenvalue weighted by Crippen LogP contribution is -2.54. The zero-order valence-corrected chi connectivity index (χ0v) is 13.0. The molecule has 2 nitrogen and oxygen atoms in total. The van der Waals surface area contributed by atoms with Crippen molar-refractivity contribution in [2.75, 3.05) is 6.54 Å². The standard InChI is InChI=1S/C16H34N2/c1-5-9-10-11-12-14-13-15(17)16(6-2,7-3)18(14)8-4/h14-15H,5-13,17H2,1-4H3. The lowest BCUT2D eigenvalue weighted by atomic mass is 9.86. The summed E-state index contributed by atoms with van der Waals surface area (Å²) in [5.41, 5.74) is 6.76. The van der Waals surface area contributed by atoms with Gasteiger partial charge in [0.15, 0.2) is 0 Å². The number of hydrogen-bond acceptors (Lipinski definition) is 2. The van der Waals surface area contributed by atoms with Crippen LogP contribution < -0.4 is 5.73 Å². The molecule has 0 bridgehead atoms. The average molecular weight is 254 g/mol. The summed E-state index contributed by atoms with van der Waals surface area (Å²) < 4.78 is 0. The molecule has 0 radical (unpaired) electrons. The van der Waals surface area contributed by atoms with Gasteiger partial charge in [0.2, 0.25) is 0 Å². The van der Waals surface area contributed by atoms with Gasteiger partial charge in [-0.25, -0.2) is 0 Å². The summed E-state index contributed by atoms with van der Waals surface area (Å²) in [6, 6.07) is 1.12. The van der Waals surface area contributed by atoms with E-state index in [1.54, 1.807) is 0 Å². The highest BCUT2D eigenvalue weighted by molar-refractivity contribution is 5.06. The van der Waals surface area contributed by atoms with Crippen LogP contribution >= 0.6 is 0 Å². The molecule has 0 spiro atoms. The summed E-state index contributed by atoms with van der Waals surface area (Å²) in [6.07, 6.45) is 10.4. The van der Waals surface area contributed by atoms with E-state index in [1.807, 2.05) is 0 Å². The van der Waals surface area contributed by atoms with E-state index in [0.29, 0.717) is 6.04 Å². The van der Waals surface area contributed by atoms with E-state index in [9.17, 15) is 0 Å². The van der Waals surface area contributed by atoms with Crippen LogP contribution in [0.3, 0.4) is 0 Å². The van der Waals surface area contributed by atoms with Crippen molar-refractivity contribution in [1.82, 2.24) is 4.90 Å². The normalized spacial score (nSPS) is 27.8. The van der Waals surface area contributed by atoms with E-state index in [4.69, 9.17) is 5.73 Å². The molecule has 18 heavy (non-hydrogen) atoms. The molecule has 1 aliphatic rings. The van der Waals surface area contributed by atoms with E-state index in [2.05, 4.69) is 32.6 Å². The van der Waals surface area contributed by atoms with Crippen molar-refractivity contribution >= 4 is 0 Å². The van der Waals surface area contributed by atoms with Gasteiger partial charge in [0.25, 0.3) is 0 Å². The van der Waals surface area contributed by atoms with Gasteiger partial charge in [-0.15, -0.1) is 0 Å². The van der Waals surface area contributed by atoms with Crippen LogP contribution in [0.5, 0.6) is 0 Å². The maximum absolute atomic E-state index is 6.48. The maximum atomic E-state index is 6.48. The first-order chi connectivity index (χ1) is 8.66. The zero-order valence-electron chi connectivity index (χ0n) is 13.0. The van der Waals surface area contributed by atoms with Crippen LogP contribution in [0.2, 0.25) is 0 Å². The van der Waals surface area contributed by atoms with Crippen molar-refractivity contribution in [3.05, 3.63) is 0 Å². The Balaban J connectivity index is 2.60. The Kier molecular flexibility index (Phi) is 6.65. The van der Waals surface area contributed by atoms with E-state index < -0.39 is 0 Å². The van der Waals surface area contributed by atoms with Gasteiger partial charge in [-0.05, 0) is 32.2 Å². The Hall–Kier alpha value is -0.0800. The summed E-state index contributed by atoms with van der Waals surface area (Å²) in [6.45, 7) is 10.4. The molecule has 0 aromatic carbocycles. The highest BCUT2D eigenvalue weighted by Crippen LogP contribution is 2.39. The largest absolute Gasteiger partial charge is 0.326 e. The molecule has 1 saturated heterocycles. The van der Waals surface area contributed by atoms with Crippen LogP contribution in [0.1, 0.15) is 79.1 Å². The minimum atomic E-state index is 0.282. The van der Waals surface area contributed by atoms with Crippen LogP contribution in [-0.2, 0) is 0 Å². The second-order valence-corrected chi connectivity index (χ2v) is 5.94. The molecule has 0 aromatic rings. The van der Waals surface area contributed by atoms with E-state index in [0.717, 1.165) is 12.6 Å². The van der Waals surface area contributed by atoms with E-state index >= 15 is 0 Å². The summed E-state index contributed by atoms with van der Waals surface area (Å²) in [4.78, 5) is 2.73.